The van der Waals surface area contributed by atoms with Crippen LogP contribution in [0.4, 0.5) is 29.2 Å². The zero-order chi connectivity index (χ0) is 91.2. The smallest absolute Gasteiger partial charge is 0.373 e. The van der Waals surface area contributed by atoms with E-state index >= 15 is 0 Å². The number of aliphatic hydroxyl groups excluding tert-OH is 1. The Kier molecular flexibility index (Phi) is 47.0. The van der Waals surface area contributed by atoms with Crippen molar-refractivity contribution in [3.05, 3.63) is 180 Å². The first-order valence-electron chi connectivity index (χ1n) is 42.1. The van der Waals surface area contributed by atoms with Gasteiger partial charge < -0.3 is 75.5 Å². The second-order valence-electron chi connectivity index (χ2n) is 29.8. The molecule has 0 spiro atoms. The maximum atomic E-state index is 9.00. The second-order valence-corrected chi connectivity index (χ2v) is 31.9. The molecule has 692 valence electrons. The van der Waals surface area contributed by atoms with Gasteiger partial charge in [-0.2, -0.15) is 24.2 Å². The summed E-state index contributed by atoms with van der Waals surface area (Å²) in [4.78, 5) is 103. The first kappa shape index (κ1) is 105. The zero-order valence-electron chi connectivity index (χ0n) is 72.4. The van der Waals surface area contributed by atoms with Crippen molar-refractivity contribution >= 4 is 157 Å². The number of fused-ring (bicyclic) bond motifs is 3. The fourth-order valence-electron chi connectivity index (χ4n) is 13.3. The van der Waals surface area contributed by atoms with Gasteiger partial charge in [-0.1, -0.05) is 59.6 Å². The van der Waals surface area contributed by atoms with Gasteiger partial charge in [0.2, 0.25) is 38.8 Å². The Morgan fingerprint density at radius 2 is 0.729 bits per heavy atom. The molecule has 0 amide bonds. The lowest BCUT2D eigenvalue weighted by Gasteiger charge is -2.24. The van der Waals surface area contributed by atoms with E-state index in [1.807, 2.05) is 119 Å². The maximum Gasteiger partial charge on any atom is 0.373 e. The van der Waals surface area contributed by atoms with Gasteiger partial charge in [0.15, 0.2) is 5.15 Å². The lowest BCUT2D eigenvalue weighted by Crippen LogP contribution is -2.29. The van der Waals surface area contributed by atoms with Crippen molar-refractivity contribution < 1.29 is 57.4 Å². The van der Waals surface area contributed by atoms with Crippen LogP contribution in [-0.4, -0.2) is 220 Å². The zero-order valence-corrected chi connectivity index (χ0v) is 77.8. The average molecular weight is 1920 g/mol. The van der Waals surface area contributed by atoms with E-state index < -0.39 is 0 Å². The van der Waals surface area contributed by atoms with E-state index in [0.29, 0.717) is 87.2 Å². The monoisotopic (exact) mass is 1910 g/mol. The number of anilines is 5. The average Bonchev–Trinajstić information content (AvgIpc) is 1.75. The maximum absolute atomic E-state index is 9.00. The van der Waals surface area contributed by atoms with Crippen LogP contribution in [0.2, 0.25) is 31.4 Å². The van der Waals surface area contributed by atoms with Crippen molar-refractivity contribution in [2.75, 3.05) is 118 Å². The number of nitrogens with one attached hydrogen (secondary N) is 5. The normalized spacial score (nSPS) is 15.6. The van der Waals surface area contributed by atoms with Crippen LogP contribution in [0.25, 0.3) is 33.1 Å². The Morgan fingerprint density at radius 1 is 0.403 bits per heavy atom. The van der Waals surface area contributed by atoms with Crippen molar-refractivity contribution in [1.82, 2.24) is 85.1 Å². The number of benzene rings is 3. The molecule has 8 N–H and O–H groups in total. The van der Waals surface area contributed by atoms with E-state index in [4.69, 9.17) is 143 Å². The summed E-state index contributed by atoms with van der Waals surface area (Å²) in [5.41, 5.74) is 16.6. The molecule has 42 heteroatoms. The molecule has 3 aromatic carbocycles. The van der Waals surface area contributed by atoms with E-state index in [-0.39, 0.29) is 53.8 Å². The SMILES string of the molecule is C1CCNC1.Cc1cc(Cl)nc(Cl)n1.Cc1cc(NC2CCOCC2)nc(Cl)n1.Cc1nc2ccccc2nc1Cl.Cc1nc2ccccc2nc1OCc1cc(NC2CCOCC2)nc(Cl)n1.Cc1nc2ccccc2nc1OCc1cc(NC2CCOCC2)nc(N2CCCC2)n1.Cl.NC1CCOCC1.O=C=O.O=C=O.OCc1cc(NC2CCOCC2)nc(Cl)n1. The summed E-state index contributed by atoms with van der Waals surface area (Å²) >= 11 is 34.4. The number of carbonyl (C=O) groups excluding carboxylic acids is 4. The van der Waals surface area contributed by atoms with Crippen molar-refractivity contribution in [1.29, 1.82) is 0 Å². The van der Waals surface area contributed by atoms with E-state index in [9.17, 15) is 0 Å². The third-order valence-corrected chi connectivity index (χ3v) is 21.0. The fourth-order valence-corrected chi connectivity index (χ4v) is 14.6. The van der Waals surface area contributed by atoms with Gasteiger partial charge in [0.25, 0.3) is 0 Å². The highest BCUT2D eigenvalue weighted by Crippen LogP contribution is 2.27. The molecule has 15 heterocycles. The van der Waals surface area contributed by atoms with Gasteiger partial charge >= 0.3 is 12.3 Å². The van der Waals surface area contributed by atoms with Crippen LogP contribution in [0.5, 0.6) is 11.8 Å². The minimum Gasteiger partial charge on any atom is -0.470 e. The second kappa shape index (κ2) is 58.0. The predicted molar refractivity (Wildman–Crippen MR) is 496 cm³/mol. The quantitative estimate of drug-likeness (QED) is 0.0349. The van der Waals surface area contributed by atoms with Crippen LogP contribution in [0.3, 0.4) is 0 Å². The number of rotatable bonds is 16. The van der Waals surface area contributed by atoms with Gasteiger partial charge in [-0.05, 0) is 226 Å². The minimum atomic E-state index is -0.134. The number of halogens is 7. The standard InChI is InChI=1S/C23H28N6O2.C19H20ClN5O2.C10H14ClN3O2.C10H14ClN3O.C9H7ClN2.C5H4Cl2N2.C5H11NO.C4H9N.2CO2.ClH/c1-16-22(27-20-7-3-2-6-19(20)24-16)31-15-18-14-21(25-17-8-12-30-13-9-17)28-23(26-18)29-10-4-5-11-29;1-12-18(24-16-5-3-2-4-15(16)21-12)27-11-14-10-17(25-19(20)23-14)22-13-6-8-26-9-7-13;11-10-13-8(6-15)5-9(14-10)12-7-1-3-16-4-2-7;1-7-6-9(14-10(11)12-7)13-8-2-4-15-5-3-8;1-6-9(10)12-8-5-3-2-4-7(8)11-6;1-3-2-4(6)9-5(7)8-3;6-5-1-3-7-4-2-5;1-2-4-5-3-1;2*2-1-3;/h2-3,6-7,14,17H,4-5,8-13,15H2,1H3,(H,25,26,28);2-5,10,13H,6-9,11H2,1H3,(H,22,23,25);5,7,15H,1-4,6H2,(H,12,13,14);6,8H,2-5H2,1H3,(H,12,13,14);2-5H,1H3;2H,1H3;5H,1-4,6H2;5H,1-4H2;;;1H. The van der Waals surface area contributed by atoms with Crippen LogP contribution in [0.15, 0.2) is 103 Å². The molecule has 11 aromatic rings. The molecule has 7 fully saturated rings. The molecule has 0 unspecified atom stereocenters. The van der Waals surface area contributed by atoms with Gasteiger partial charge in [-0.3, -0.25) is 0 Å². The summed E-state index contributed by atoms with van der Waals surface area (Å²) in [6.45, 7) is 22.2. The predicted octanol–water partition coefficient (Wildman–Crippen LogP) is 14.7. The summed E-state index contributed by atoms with van der Waals surface area (Å²) < 4.78 is 38.4. The molecular formula is C87H108Cl7N23O12. The third-order valence-electron chi connectivity index (χ3n) is 19.8. The van der Waals surface area contributed by atoms with Crippen molar-refractivity contribution in [2.24, 2.45) is 5.73 Å². The number of aliphatic hydroxyl groups is 1. The van der Waals surface area contributed by atoms with Crippen molar-refractivity contribution in [3.8, 4) is 11.8 Å². The number of hydrogen-bond acceptors (Lipinski definition) is 35. The Hall–Kier alpha value is -9.85. The van der Waals surface area contributed by atoms with E-state index in [1.54, 1.807) is 19.1 Å². The number of nitrogens with two attached hydrogens (primary N) is 1. The molecule has 35 nitrogen and oxygen atoms in total. The highest BCUT2D eigenvalue weighted by atomic mass is 35.5. The number of hydrogen-bond donors (Lipinski definition) is 7. The molecule has 0 atom stereocenters. The van der Waals surface area contributed by atoms with Crippen LogP contribution in [0, 0.1) is 34.6 Å². The highest BCUT2D eigenvalue weighted by Gasteiger charge is 2.23. The Bertz CT molecular complexity index is 5150. The molecule has 7 aliphatic rings. The molecular weight excluding hydrogens is 1810 g/mol. The molecule has 7 saturated heterocycles. The highest BCUT2D eigenvalue weighted by molar-refractivity contribution is 6.32. The van der Waals surface area contributed by atoms with Crippen LogP contribution >= 0.6 is 82.0 Å². The number of para-hydroxylation sites is 6. The number of nitrogens with zero attached hydrogens (tertiary/aromatic N) is 17. The van der Waals surface area contributed by atoms with Crippen LogP contribution in [-0.2, 0) is 62.7 Å². The first-order chi connectivity index (χ1) is 62.1. The summed E-state index contributed by atoms with van der Waals surface area (Å²) in [6, 6.07) is 34.2. The minimum absolute atomic E-state index is 0. The molecule has 0 saturated carbocycles. The summed E-state index contributed by atoms with van der Waals surface area (Å²) in [7, 11) is 0. The van der Waals surface area contributed by atoms with Crippen LogP contribution < -0.4 is 46.7 Å². The first-order valence-corrected chi connectivity index (χ1v) is 44.4. The Labute approximate surface area is 784 Å². The van der Waals surface area contributed by atoms with E-state index in [0.717, 1.165) is 228 Å². The largest absolute Gasteiger partial charge is 0.470 e. The molecule has 0 aliphatic carbocycles. The van der Waals surface area contributed by atoms with Crippen molar-refractivity contribution in [2.45, 2.75) is 175 Å². The number of aromatic nitrogens is 16. The van der Waals surface area contributed by atoms with E-state index in [1.165, 1.54) is 38.8 Å². The molecule has 7 aliphatic heterocycles. The van der Waals surface area contributed by atoms with Gasteiger partial charge in [0.05, 0.1) is 62.5 Å². The molecule has 18 rings (SSSR count). The van der Waals surface area contributed by atoms with Gasteiger partial charge in [0.1, 0.15) is 53.0 Å². The van der Waals surface area contributed by atoms with Gasteiger partial charge in [-0.15, -0.1) is 12.4 Å². The molecule has 0 radical (unpaired) electrons. The third kappa shape index (κ3) is 38.6. The lowest BCUT2D eigenvalue weighted by atomic mass is 10.1. The summed E-state index contributed by atoms with van der Waals surface area (Å²) in [5.74, 6) is 4.82. The van der Waals surface area contributed by atoms with Crippen LogP contribution in [0.1, 0.15) is 135 Å². The Morgan fingerprint density at radius 3 is 1.09 bits per heavy atom. The Balaban J connectivity index is 0.000000190. The van der Waals surface area contributed by atoms with Gasteiger partial charge in [-0.25, -0.2) is 74.8 Å². The lowest BCUT2D eigenvalue weighted by molar-refractivity contribution is -0.193. The van der Waals surface area contributed by atoms with Gasteiger partial charge in [0, 0.05) is 145 Å². The molecule has 129 heavy (non-hydrogen) atoms. The van der Waals surface area contributed by atoms with E-state index in [2.05, 4.69) is 101 Å². The van der Waals surface area contributed by atoms with Crippen molar-refractivity contribution in [3.63, 3.8) is 0 Å². The summed E-state index contributed by atoms with van der Waals surface area (Å²) in [6.07, 6.45) is 15.5. The number of ether oxygens (including phenoxy) is 7. The topological polar surface area (TPSA) is 449 Å². The number of aryl methyl sites for hydroxylation is 5. The molecule has 0 bridgehead atoms. The molecule has 8 aromatic heterocycles. The fraction of sp³-hybridized carbons (Fsp3) is 0.471. The summed E-state index contributed by atoms with van der Waals surface area (Å²) in [5, 5.41) is 27.5.